The lowest BCUT2D eigenvalue weighted by Crippen LogP contribution is -2.18. The van der Waals surface area contributed by atoms with E-state index in [1.807, 2.05) is 44.9 Å². The highest BCUT2D eigenvalue weighted by Crippen LogP contribution is 2.14. The van der Waals surface area contributed by atoms with E-state index in [1.165, 1.54) is 0 Å². The molecule has 5 nitrogen and oxygen atoms in total. The van der Waals surface area contributed by atoms with Gasteiger partial charge in [-0.3, -0.25) is 0 Å². The summed E-state index contributed by atoms with van der Waals surface area (Å²) in [6, 6.07) is 3.94. The fourth-order valence-electron chi connectivity index (χ4n) is 1.54. The minimum atomic E-state index is 0.661. The molecule has 2 aromatic heterocycles. The largest absolute Gasteiger partial charge is 0.361 e. The number of hydrogen-bond acceptors (Lipinski definition) is 5. The van der Waals surface area contributed by atoms with Crippen molar-refractivity contribution in [1.82, 2.24) is 15.4 Å². The van der Waals surface area contributed by atoms with E-state index in [-0.39, 0.29) is 0 Å². The summed E-state index contributed by atoms with van der Waals surface area (Å²) in [5, 5.41) is 12.2. The van der Waals surface area contributed by atoms with Crippen LogP contribution >= 0.6 is 0 Å². The van der Waals surface area contributed by atoms with Crippen molar-refractivity contribution in [3.05, 3.63) is 34.8 Å². The lowest BCUT2D eigenvalue weighted by molar-refractivity contribution is 0.390. The van der Waals surface area contributed by atoms with Crippen molar-refractivity contribution in [3.8, 4) is 0 Å². The van der Waals surface area contributed by atoms with Crippen molar-refractivity contribution >= 4 is 5.82 Å². The van der Waals surface area contributed by atoms with E-state index < -0.39 is 0 Å². The van der Waals surface area contributed by atoms with Crippen LogP contribution in [0.1, 0.15) is 22.7 Å². The highest BCUT2D eigenvalue weighted by Gasteiger charge is 2.08. The fraction of sp³-hybridized carbons (Fsp3) is 0.417. The van der Waals surface area contributed by atoms with E-state index >= 15 is 0 Å². The number of hydrogen-bond donors (Lipinski definition) is 0. The summed E-state index contributed by atoms with van der Waals surface area (Å²) >= 11 is 0. The summed E-state index contributed by atoms with van der Waals surface area (Å²) in [5.74, 6) is 1.66. The quantitative estimate of drug-likeness (QED) is 0.810. The number of anilines is 1. The van der Waals surface area contributed by atoms with Crippen LogP contribution in [0.5, 0.6) is 0 Å². The summed E-state index contributed by atoms with van der Waals surface area (Å²) in [7, 11) is 1.96. The van der Waals surface area contributed by atoms with Crippen LogP contribution in [0.25, 0.3) is 0 Å². The molecule has 0 saturated carbocycles. The van der Waals surface area contributed by atoms with Gasteiger partial charge in [-0.1, -0.05) is 5.16 Å². The van der Waals surface area contributed by atoms with Crippen molar-refractivity contribution in [2.45, 2.75) is 27.3 Å². The molecule has 0 aliphatic carbocycles. The van der Waals surface area contributed by atoms with Crippen molar-refractivity contribution in [2.24, 2.45) is 0 Å². The molecule has 0 bridgehead atoms. The van der Waals surface area contributed by atoms with E-state index in [0.29, 0.717) is 6.54 Å². The van der Waals surface area contributed by atoms with Crippen LogP contribution in [-0.4, -0.2) is 22.4 Å². The van der Waals surface area contributed by atoms with Crippen molar-refractivity contribution in [2.75, 3.05) is 11.9 Å². The molecule has 0 aromatic carbocycles. The van der Waals surface area contributed by atoms with Crippen molar-refractivity contribution < 1.29 is 4.52 Å². The molecule has 17 heavy (non-hydrogen) atoms. The second kappa shape index (κ2) is 4.53. The monoisotopic (exact) mass is 232 g/mol. The van der Waals surface area contributed by atoms with Gasteiger partial charge >= 0.3 is 0 Å². The van der Waals surface area contributed by atoms with Crippen LogP contribution in [0.4, 0.5) is 5.82 Å². The molecular weight excluding hydrogens is 216 g/mol. The average Bonchev–Trinajstić information content (AvgIpc) is 2.68. The maximum atomic E-state index is 5.03. The van der Waals surface area contributed by atoms with Crippen molar-refractivity contribution in [3.63, 3.8) is 0 Å². The predicted molar refractivity (Wildman–Crippen MR) is 64.9 cm³/mol. The van der Waals surface area contributed by atoms with Gasteiger partial charge in [-0.15, -0.1) is 5.10 Å². The zero-order chi connectivity index (χ0) is 12.4. The van der Waals surface area contributed by atoms with Gasteiger partial charge in [0, 0.05) is 13.1 Å². The summed E-state index contributed by atoms with van der Waals surface area (Å²) in [6.45, 7) is 6.52. The fourth-order valence-corrected chi connectivity index (χ4v) is 1.54. The third-order valence-electron chi connectivity index (χ3n) is 2.69. The van der Waals surface area contributed by atoms with Gasteiger partial charge in [0.05, 0.1) is 12.2 Å². The van der Waals surface area contributed by atoms with Crippen LogP contribution in [0.3, 0.4) is 0 Å². The van der Waals surface area contributed by atoms with Gasteiger partial charge in [-0.2, -0.15) is 5.10 Å². The molecule has 5 heteroatoms. The van der Waals surface area contributed by atoms with Gasteiger partial charge in [0.2, 0.25) is 0 Å². The number of rotatable bonds is 3. The molecule has 2 heterocycles. The molecule has 90 valence electrons. The maximum Gasteiger partial charge on any atom is 0.151 e. The molecule has 0 fully saturated rings. The third kappa shape index (κ3) is 2.61. The standard InChI is InChI=1S/C12H16N4O/c1-8-5-12(14-13-10(8)3)16(4)7-11-6-9(2)17-15-11/h5-6H,7H2,1-4H3. The maximum absolute atomic E-state index is 5.03. The smallest absolute Gasteiger partial charge is 0.151 e. The van der Waals surface area contributed by atoms with Gasteiger partial charge in [-0.25, -0.2) is 0 Å². The molecule has 0 aliphatic rings. The van der Waals surface area contributed by atoms with Gasteiger partial charge < -0.3 is 9.42 Å². The molecule has 0 atom stereocenters. The Hall–Kier alpha value is -1.91. The summed E-state index contributed by atoms with van der Waals surface area (Å²) in [5.41, 5.74) is 2.99. The zero-order valence-corrected chi connectivity index (χ0v) is 10.6. The number of nitrogens with zero attached hydrogens (tertiary/aromatic N) is 4. The molecule has 0 saturated heterocycles. The molecule has 0 amide bonds. The highest BCUT2D eigenvalue weighted by atomic mass is 16.5. The molecule has 2 rings (SSSR count). The van der Waals surface area contributed by atoms with Crippen LogP contribution in [-0.2, 0) is 6.54 Å². The van der Waals surface area contributed by atoms with Crippen LogP contribution in [0.15, 0.2) is 16.7 Å². The first-order chi connectivity index (χ1) is 8.06. The molecule has 0 radical (unpaired) electrons. The first-order valence-corrected chi connectivity index (χ1v) is 5.50. The van der Waals surface area contributed by atoms with E-state index in [2.05, 4.69) is 15.4 Å². The molecule has 0 aliphatic heterocycles. The van der Waals surface area contributed by atoms with Gasteiger partial charge in [0.25, 0.3) is 0 Å². The normalized spacial score (nSPS) is 10.6. The number of aromatic nitrogens is 3. The Bertz CT molecular complexity index is 521. The lowest BCUT2D eigenvalue weighted by Gasteiger charge is -2.16. The first kappa shape index (κ1) is 11.6. The minimum absolute atomic E-state index is 0.661. The Kier molecular flexibility index (Phi) is 3.08. The van der Waals surface area contributed by atoms with Crippen molar-refractivity contribution in [1.29, 1.82) is 0 Å². The highest BCUT2D eigenvalue weighted by molar-refractivity contribution is 5.40. The second-order valence-corrected chi connectivity index (χ2v) is 4.26. The van der Waals surface area contributed by atoms with Gasteiger partial charge in [0.15, 0.2) is 5.82 Å². The Labute approximate surface area is 100 Å². The van der Waals surface area contributed by atoms with E-state index in [4.69, 9.17) is 4.52 Å². The van der Waals surface area contributed by atoms with Crippen LogP contribution < -0.4 is 4.90 Å². The van der Waals surface area contributed by atoms with Crippen LogP contribution in [0, 0.1) is 20.8 Å². The second-order valence-electron chi connectivity index (χ2n) is 4.26. The Morgan fingerprint density at radius 3 is 2.53 bits per heavy atom. The average molecular weight is 232 g/mol. The predicted octanol–water partition coefficient (Wildman–Crippen LogP) is 2.03. The lowest BCUT2D eigenvalue weighted by atomic mass is 10.2. The molecule has 2 aromatic rings. The third-order valence-corrected chi connectivity index (χ3v) is 2.69. The Balaban J connectivity index is 2.14. The van der Waals surface area contributed by atoms with E-state index in [9.17, 15) is 0 Å². The Morgan fingerprint density at radius 2 is 1.94 bits per heavy atom. The molecule has 0 unspecified atom stereocenters. The topological polar surface area (TPSA) is 55.1 Å². The molecular formula is C12H16N4O. The SMILES string of the molecule is Cc1cc(CN(C)c2cc(C)c(C)nn2)no1. The van der Waals surface area contributed by atoms with E-state index in [1.54, 1.807) is 0 Å². The summed E-state index contributed by atoms with van der Waals surface area (Å²) in [4.78, 5) is 2.00. The number of aryl methyl sites for hydroxylation is 3. The summed E-state index contributed by atoms with van der Waals surface area (Å²) in [6.07, 6.45) is 0. The van der Waals surface area contributed by atoms with Gasteiger partial charge in [0.1, 0.15) is 11.5 Å². The van der Waals surface area contributed by atoms with Gasteiger partial charge in [-0.05, 0) is 32.4 Å². The zero-order valence-electron chi connectivity index (χ0n) is 10.6. The van der Waals surface area contributed by atoms with E-state index in [0.717, 1.165) is 28.5 Å². The molecule has 0 spiro atoms. The minimum Gasteiger partial charge on any atom is -0.361 e. The summed E-state index contributed by atoms with van der Waals surface area (Å²) < 4.78 is 5.03. The Morgan fingerprint density at radius 1 is 1.18 bits per heavy atom. The first-order valence-electron chi connectivity index (χ1n) is 5.50. The molecule has 0 N–H and O–H groups in total. The van der Waals surface area contributed by atoms with Crippen LogP contribution in [0.2, 0.25) is 0 Å².